The fraction of sp³-hybridized carbons (Fsp3) is 0.111. The number of aryl methyl sites for hydroxylation is 1. The standard InChI is InChI=1S/C9H8BrN3/c1-7-9(10)6-13(12-7)8-2-4-11-5-3-8/h2-6H,1H3/i1D3,2D,3D,4D,5D,6D. The molecule has 0 spiro atoms. The van der Waals surface area contributed by atoms with E-state index in [-0.39, 0.29) is 22.0 Å². The molecule has 2 aromatic rings. The number of nitrogens with zero attached hydrogens (tertiary/aromatic N) is 3. The van der Waals surface area contributed by atoms with Crippen LogP contribution < -0.4 is 0 Å². The summed E-state index contributed by atoms with van der Waals surface area (Å²) >= 11 is 2.96. The van der Waals surface area contributed by atoms with Gasteiger partial charge in [0.05, 0.1) is 22.7 Å². The van der Waals surface area contributed by atoms with E-state index in [4.69, 9.17) is 11.0 Å². The van der Waals surface area contributed by atoms with Crippen LogP contribution >= 0.6 is 15.9 Å². The molecule has 2 aromatic heterocycles. The van der Waals surface area contributed by atoms with Crippen molar-refractivity contribution >= 4 is 15.9 Å². The molecule has 0 N–H and O–H groups in total. The Kier molecular flexibility index (Phi) is 0.813. The number of pyridine rings is 1. The third-order valence-corrected chi connectivity index (χ3v) is 1.84. The molecule has 0 amide bonds. The third kappa shape index (κ3) is 1.62. The van der Waals surface area contributed by atoms with E-state index < -0.39 is 31.3 Å². The molecule has 0 radical (unpaired) electrons. The summed E-state index contributed by atoms with van der Waals surface area (Å²) < 4.78 is 61.0. The molecule has 0 aliphatic heterocycles. The van der Waals surface area contributed by atoms with Gasteiger partial charge in [-0.15, -0.1) is 0 Å². The van der Waals surface area contributed by atoms with Crippen LogP contribution in [-0.4, -0.2) is 14.8 Å². The predicted molar refractivity (Wildman–Crippen MR) is 53.8 cm³/mol. The van der Waals surface area contributed by atoms with Crippen molar-refractivity contribution in [1.82, 2.24) is 14.8 Å². The van der Waals surface area contributed by atoms with Crippen molar-refractivity contribution in [3.63, 3.8) is 0 Å². The van der Waals surface area contributed by atoms with E-state index in [1.165, 1.54) is 0 Å². The first-order valence-electron chi connectivity index (χ1n) is 7.26. The topological polar surface area (TPSA) is 30.7 Å². The molecule has 0 aromatic carbocycles. The fourth-order valence-electron chi connectivity index (χ4n) is 0.748. The Hall–Kier alpha value is -1.16. The SMILES string of the molecule is [2H]c1nc([2H])c([2H])c(-n2nc(C([2H])([2H])[2H])c(Br)c2[2H])c1[2H]. The molecule has 0 bridgehead atoms. The zero-order valence-corrected chi connectivity index (χ0v) is 7.81. The zero-order valence-electron chi connectivity index (χ0n) is 14.2. The van der Waals surface area contributed by atoms with Gasteiger partial charge in [-0.3, -0.25) is 4.98 Å². The van der Waals surface area contributed by atoms with Crippen molar-refractivity contribution in [2.24, 2.45) is 0 Å². The van der Waals surface area contributed by atoms with Gasteiger partial charge in [-0.25, -0.2) is 4.68 Å². The first-order chi connectivity index (χ1) is 9.55. The van der Waals surface area contributed by atoms with E-state index in [0.717, 1.165) is 4.68 Å². The molecule has 3 nitrogen and oxygen atoms in total. The van der Waals surface area contributed by atoms with Crippen molar-refractivity contribution in [3.8, 4) is 5.69 Å². The minimum Gasteiger partial charge on any atom is -0.265 e. The van der Waals surface area contributed by atoms with E-state index in [0.29, 0.717) is 0 Å². The maximum absolute atomic E-state index is 7.86. The molecule has 13 heavy (non-hydrogen) atoms. The van der Waals surface area contributed by atoms with Crippen molar-refractivity contribution < 1.29 is 11.0 Å². The van der Waals surface area contributed by atoms with Crippen LogP contribution in [0.1, 0.15) is 16.7 Å². The molecule has 0 fully saturated rings. The third-order valence-electron chi connectivity index (χ3n) is 1.28. The lowest BCUT2D eigenvalue weighted by Crippen LogP contribution is -1.94. The van der Waals surface area contributed by atoms with Gasteiger partial charge in [-0.05, 0) is 34.9 Å². The largest absolute Gasteiger partial charge is 0.265 e. The normalized spacial score (nSPS) is 20.1. The van der Waals surface area contributed by atoms with Gasteiger partial charge < -0.3 is 0 Å². The summed E-state index contributed by atoms with van der Waals surface area (Å²) in [7, 11) is 0. The number of hydrogen-bond acceptors (Lipinski definition) is 2. The maximum Gasteiger partial charge on any atom is 0.0854 e. The van der Waals surface area contributed by atoms with E-state index in [9.17, 15) is 0 Å². The predicted octanol–water partition coefficient (Wildman–Crippen LogP) is 2.34. The average molecular weight is 246 g/mol. The van der Waals surface area contributed by atoms with Gasteiger partial charge in [0.1, 0.15) is 0 Å². The number of hydrogen-bond donors (Lipinski definition) is 0. The van der Waals surface area contributed by atoms with Gasteiger partial charge in [0.25, 0.3) is 0 Å². The molecule has 2 rings (SSSR count). The highest BCUT2D eigenvalue weighted by Gasteiger charge is 2.01. The van der Waals surface area contributed by atoms with Crippen molar-refractivity contribution in [3.05, 3.63) is 40.8 Å². The second-order valence-electron chi connectivity index (χ2n) is 2.12. The van der Waals surface area contributed by atoms with Crippen LogP contribution in [0.4, 0.5) is 0 Å². The monoisotopic (exact) mass is 245 g/mol. The van der Waals surface area contributed by atoms with Gasteiger partial charge in [0.15, 0.2) is 0 Å². The summed E-state index contributed by atoms with van der Waals surface area (Å²) in [6.45, 7) is -2.58. The van der Waals surface area contributed by atoms with Gasteiger partial charge in [0.2, 0.25) is 0 Å². The molecule has 2 heterocycles. The first kappa shape index (κ1) is 3.20. The molecule has 0 saturated carbocycles. The smallest absolute Gasteiger partial charge is 0.0854 e. The van der Waals surface area contributed by atoms with E-state index >= 15 is 0 Å². The summed E-state index contributed by atoms with van der Waals surface area (Å²) in [5, 5.41) is 3.74. The summed E-state index contributed by atoms with van der Waals surface area (Å²) in [4.78, 5) is 3.40. The van der Waals surface area contributed by atoms with Crippen LogP contribution in [0.2, 0.25) is 0 Å². The highest BCUT2D eigenvalue weighted by atomic mass is 79.9. The van der Waals surface area contributed by atoms with Crippen LogP contribution in [0.15, 0.2) is 35.1 Å². The van der Waals surface area contributed by atoms with E-state index in [1.54, 1.807) is 0 Å². The number of rotatable bonds is 1. The van der Waals surface area contributed by atoms with Gasteiger partial charge in [0, 0.05) is 22.6 Å². The van der Waals surface area contributed by atoms with Crippen LogP contribution in [-0.2, 0) is 0 Å². The minimum atomic E-state index is -2.58. The Labute approximate surface area is 95.8 Å². The van der Waals surface area contributed by atoms with Crippen LogP contribution in [0.3, 0.4) is 0 Å². The van der Waals surface area contributed by atoms with Crippen molar-refractivity contribution in [2.75, 3.05) is 0 Å². The van der Waals surface area contributed by atoms with Crippen molar-refractivity contribution in [1.29, 1.82) is 0 Å². The number of aromatic nitrogens is 3. The van der Waals surface area contributed by atoms with Gasteiger partial charge in [-0.2, -0.15) is 5.10 Å². The second kappa shape index (κ2) is 3.30. The Balaban J connectivity index is 2.81. The minimum absolute atomic E-state index is 0.0869. The lowest BCUT2D eigenvalue weighted by atomic mass is 10.4. The maximum atomic E-state index is 7.86. The Morgan fingerprint density at radius 1 is 1.54 bits per heavy atom. The van der Waals surface area contributed by atoms with Crippen LogP contribution in [0.5, 0.6) is 0 Å². The molecule has 0 aliphatic carbocycles. The summed E-state index contributed by atoms with van der Waals surface area (Å²) in [5.41, 5.74) is -0.706. The Morgan fingerprint density at radius 3 is 2.92 bits per heavy atom. The van der Waals surface area contributed by atoms with Gasteiger partial charge >= 0.3 is 0 Å². The summed E-state index contributed by atoms with van der Waals surface area (Å²) in [6, 6.07) is -1.01. The molecule has 0 atom stereocenters. The molecule has 4 heteroatoms. The average Bonchev–Trinajstić information content (AvgIpc) is 2.65. The first-order valence-corrected chi connectivity index (χ1v) is 4.05. The quantitative estimate of drug-likeness (QED) is 0.773. The fourth-order valence-corrected chi connectivity index (χ4v) is 0.995. The lowest BCUT2D eigenvalue weighted by Gasteiger charge is -1.97. The lowest BCUT2D eigenvalue weighted by molar-refractivity contribution is 0.860. The summed E-state index contributed by atoms with van der Waals surface area (Å²) in [6.07, 6.45) is -1.48. The number of halogens is 1. The van der Waals surface area contributed by atoms with Crippen LogP contribution in [0, 0.1) is 6.85 Å². The molecule has 0 saturated heterocycles. The highest BCUT2D eigenvalue weighted by molar-refractivity contribution is 9.10. The summed E-state index contributed by atoms with van der Waals surface area (Å²) in [5.74, 6) is 0. The van der Waals surface area contributed by atoms with E-state index in [2.05, 4.69) is 26.0 Å². The molecule has 0 unspecified atom stereocenters. The molecule has 0 aliphatic rings. The molecular formula is C9H8BrN3. The highest BCUT2D eigenvalue weighted by Crippen LogP contribution is 2.16. The zero-order chi connectivity index (χ0) is 16.1. The Morgan fingerprint density at radius 2 is 2.31 bits per heavy atom. The van der Waals surface area contributed by atoms with Crippen molar-refractivity contribution in [2.45, 2.75) is 6.85 Å². The van der Waals surface area contributed by atoms with E-state index in [1.807, 2.05) is 0 Å². The Bertz CT molecular complexity index is 697. The second-order valence-corrected chi connectivity index (χ2v) is 2.91. The molecule has 66 valence electrons. The van der Waals surface area contributed by atoms with Gasteiger partial charge in [-0.1, -0.05) is 0 Å². The molecular weight excluding hydrogens is 230 g/mol. The van der Waals surface area contributed by atoms with Crippen LogP contribution in [0.25, 0.3) is 5.69 Å².